The molecule has 1 atom stereocenters. The van der Waals surface area contributed by atoms with E-state index in [2.05, 4.69) is 17.1 Å². The Kier molecular flexibility index (Phi) is 6.21. The first kappa shape index (κ1) is 15.9. The zero-order valence-corrected chi connectivity index (χ0v) is 11.9. The number of hydrogen-bond donors (Lipinski definition) is 1. The van der Waals surface area contributed by atoms with E-state index >= 15 is 0 Å². The summed E-state index contributed by atoms with van der Waals surface area (Å²) < 4.78 is 0. The van der Waals surface area contributed by atoms with Crippen molar-refractivity contribution in [3.8, 4) is 0 Å². The van der Waals surface area contributed by atoms with Crippen molar-refractivity contribution in [2.75, 3.05) is 26.2 Å². The Morgan fingerprint density at radius 1 is 1.42 bits per heavy atom. The van der Waals surface area contributed by atoms with Gasteiger partial charge in [-0.05, 0) is 18.9 Å². The van der Waals surface area contributed by atoms with Crippen LogP contribution in [-0.4, -0.2) is 42.0 Å². The molecule has 1 aromatic carbocycles. The average Bonchev–Trinajstić information content (AvgIpc) is 2.38. The van der Waals surface area contributed by atoms with Gasteiger partial charge in [0.1, 0.15) is 0 Å². The molecule has 0 saturated carbocycles. The number of hydrogen-bond acceptors (Lipinski definition) is 4. The molecule has 0 aliphatic carbocycles. The first-order valence-corrected chi connectivity index (χ1v) is 6.35. The minimum absolute atomic E-state index is 0. The molecule has 6 heteroatoms. The third-order valence-corrected chi connectivity index (χ3v) is 3.47. The number of nitrogens with one attached hydrogen (secondary N) is 1. The lowest BCUT2D eigenvalue weighted by Crippen LogP contribution is -2.50. The molecule has 106 valence electrons. The molecule has 0 spiro atoms. The van der Waals surface area contributed by atoms with Crippen LogP contribution in [0.5, 0.6) is 0 Å². The molecule has 2 rings (SSSR count). The number of non-ortho nitro benzene ring substituents is 1. The number of piperazine rings is 1. The maximum absolute atomic E-state index is 10.6. The van der Waals surface area contributed by atoms with E-state index < -0.39 is 0 Å². The van der Waals surface area contributed by atoms with Crippen molar-refractivity contribution in [1.29, 1.82) is 0 Å². The minimum atomic E-state index is -0.359. The monoisotopic (exact) mass is 285 g/mol. The SMILES string of the molecule is C[C@H]1CNCCN1CCc1ccc([N+](=O)[O-])cc1.Cl. The third kappa shape index (κ3) is 4.45. The molecule has 5 nitrogen and oxygen atoms in total. The van der Waals surface area contributed by atoms with Crippen molar-refractivity contribution in [3.63, 3.8) is 0 Å². The molecule has 0 amide bonds. The lowest BCUT2D eigenvalue weighted by Gasteiger charge is -2.33. The van der Waals surface area contributed by atoms with Crippen LogP contribution in [0.1, 0.15) is 12.5 Å². The second kappa shape index (κ2) is 7.43. The summed E-state index contributed by atoms with van der Waals surface area (Å²) in [5, 5.41) is 13.9. The molecule has 1 aromatic rings. The van der Waals surface area contributed by atoms with Gasteiger partial charge in [-0.25, -0.2) is 0 Å². The summed E-state index contributed by atoms with van der Waals surface area (Å²) in [6, 6.07) is 7.43. The Labute approximate surface area is 119 Å². The maximum atomic E-state index is 10.6. The summed E-state index contributed by atoms with van der Waals surface area (Å²) in [6.45, 7) is 6.40. The Balaban J connectivity index is 0.00000180. The van der Waals surface area contributed by atoms with Crippen molar-refractivity contribution in [2.45, 2.75) is 19.4 Å². The summed E-state index contributed by atoms with van der Waals surface area (Å²) in [5.74, 6) is 0. The molecule has 19 heavy (non-hydrogen) atoms. The van der Waals surface area contributed by atoms with Gasteiger partial charge in [0.2, 0.25) is 0 Å². The highest BCUT2D eigenvalue weighted by Crippen LogP contribution is 2.13. The van der Waals surface area contributed by atoms with E-state index in [4.69, 9.17) is 0 Å². The summed E-state index contributed by atoms with van der Waals surface area (Å²) in [7, 11) is 0. The zero-order chi connectivity index (χ0) is 13.0. The van der Waals surface area contributed by atoms with Crippen LogP contribution in [0.15, 0.2) is 24.3 Å². The van der Waals surface area contributed by atoms with Crippen LogP contribution in [0.3, 0.4) is 0 Å². The molecule has 0 unspecified atom stereocenters. The molecular weight excluding hydrogens is 266 g/mol. The van der Waals surface area contributed by atoms with Gasteiger partial charge in [-0.3, -0.25) is 15.0 Å². The van der Waals surface area contributed by atoms with Crippen LogP contribution in [0.2, 0.25) is 0 Å². The average molecular weight is 286 g/mol. The van der Waals surface area contributed by atoms with Crippen molar-refractivity contribution < 1.29 is 4.92 Å². The van der Waals surface area contributed by atoms with Crippen LogP contribution in [-0.2, 0) is 6.42 Å². The van der Waals surface area contributed by atoms with Crippen molar-refractivity contribution in [3.05, 3.63) is 39.9 Å². The molecule has 1 fully saturated rings. The second-order valence-corrected chi connectivity index (χ2v) is 4.76. The highest BCUT2D eigenvalue weighted by molar-refractivity contribution is 5.85. The largest absolute Gasteiger partial charge is 0.314 e. The second-order valence-electron chi connectivity index (χ2n) is 4.76. The predicted octanol–water partition coefficient (Wildman–Crippen LogP) is 1.85. The van der Waals surface area contributed by atoms with Gasteiger partial charge in [0.25, 0.3) is 5.69 Å². The first-order valence-electron chi connectivity index (χ1n) is 6.35. The van der Waals surface area contributed by atoms with Crippen LogP contribution in [0.4, 0.5) is 5.69 Å². The van der Waals surface area contributed by atoms with E-state index in [9.17, 15) is 10.1 Å². The molecule has 0 bridgehead atoms. The van der Waals surface area contributed by atoms with Gasteiger partial charge in [0.05, 0.1) is 4.92 Å². The number of nitro benzene ring substituents is 1. The van der Waals surface area contributed by atoms with Gasteiger partial charge in [-0.2, -0.15) is 0 Å². The third-order valence-electron chi connectivity index (χ3n) is 3.47. The van der Waals surface area contributed by atoms with Crippen LogP contribution in [0, 0.1) is 10.1 Å². The fraction of sp³-hybridized carbons (Fsp3) is 0.538. The van der Waals surface area contributed by atoms with Gasteiger partial charge in [-0.1, -0.05) is 12.1 Å². The molecule has 1 heterocycles. The minimum Gasteiger partial charge on any atom is -0.314 e. The standard InChI is InChI=1S/C13H19N3O2.ClH/c1-11-10-14-7-9-15(11)8-6-12-2-4-13(5-3-12)16(17)18;/h2-5,11,14H,6-10H2,1H3;1H/t11-;/m0./s1. The number of rotatable bonds is 4. The van der Waals surface area contributed by atoms with E-state index in [1.165, 1.54) is 0 Å². The van der Waals surface area contributed by atoms with Gasteiger partial charge in [0.15, 0.2) is 0 Å². The van der Waals surface area contributed by atoms with Crippen molar-refractivity contribution in [2.24, 2.45) is 0 Å². The Bertz CT molecular complexity index is 411. The zero-order valence-electron chi connectivity index (χ0n) is 11.0. The quantitative estimate of drug-likeness (QED) is 0.678. The normalized spacial score (nSPS) is 19.7. The molecule has 0 radical (unpaired) electrons. The molecule has 1 N–H and O–H groups in total. The highest BCUT2D eigenvalue weighted by Gasteiger charge is 2.17. The summed E-state index contributed by atoms with van der Waals surface area (Å²) >= 11 is 0. The predicted molar refractivity (Wildman–Crippen MR) is 78.0 cm³/mol. The summed E-state index contributed by atoms with van der Waals surface area (Å²) in [5.41, 5.74) is 1.32. The first-order chi connectivity index (χ1) is 8.66. The maximum Gasteiger partial charge on any atom is 0.269 e. The van der Waals surface area contributed by atoms with Crippen LogP contribution in [0.25, 0.3) is 0 Å². The van der Waals surface area contributed by atoms with Crippen LogP contribution < -0.4 is 5.32 Å². The van der Waals surface area contributed by atoms with E-state index in [0.717, 1.165) is 38.2 Å². The van der Waals surface area contributed by atoms with Crippen molar-refractivity contribution >= 4 is 18.1 Å². The van der Waals surface area contributed by atoms with Gasteiger partial charge < -0.3 is 5.32 Å². The molecule has 1 aliphatic heterocycles. The highest BCUT2D eigenvalue weighted by atomic mass is 35.5. The molecule has 1 aliphatic rings. The smallest absolute Gasteiger partial charge is 0.269 e. The molecule has 1 saturated heterocycles. The fourth-order valence-electron chi connectivity index (χ4n) is 2.27. The lowest BCUT2D eigenvalue weighted by atomic mass is 10.1. The van der Waals surface area contributed by atoms with Gasteiger partial charge in [-0.15, -0.1) is 12.4 Å². The fourth-order valence-corrected chi connectivity index (χ4v) is 2.27. The topological polar surface area (TPSA) is 58.4 Å². The van der Waals surface area contributed by atoms with Gasteiger partial charge >= 0.3 is 0 Å². The van der Waals surface area contributed by atoms with E-state index in [1.807, 2.05) is 12.1 Å². The van der Waals surface area contributed by atoms with E-state index in [-0.39, 0.29) is 23.0 Å². The Hall–Kier alpha value is -1.17. The van der Waals surface area contributed by atoms with E-state index in [0.29, 0.717) is 6.04 Å². The summed E-state index contributed by atoms with van der Waals surface area (Å²) in [4.78, 5) is 12.6. The summed E-state index contributed by atoms with van der Waals surface area (Å²) in [6.07, 6.45) is 0.947. The Morgan fingerprint density at radius 2 is 2.11 bits per heavy atom. The Morgan fingerprint density at radius 3 is 2.68 bits per heavy atom. The lowest BCUT2D eigenvalue weighted by molar-refractivity contribution is -0.384. The number of nitro groups is 1. The molecule has 0 aromatic heterocycles. The number of benzene rings is 1. The van der Waals surface area contributed by atoms with Crippen molar-refractivity contribution in [1.82, 2.24) is 10.2 Å². The van der Waals surface area contributed by atoms with Gasteiger partial charge in [0, 0.05) is 44.4 Å². The van der Waals surface area contributed by atoms with Crippen LogP contribution >= 0.6 is 12.4 Å². The number of halogens is 1. The van der Waals surface area contributed by atoms with E-state index in [1.54, 1.807) is 12.1 Å². The number of nitrogens with zero attached hydrogens (tertiary/aromatic N) is 2. The molecular formula is C13H20ClN3O2.